The number of piperidine rings is 1. The van der Waals surface area contributed by atoms with Gasteiger partial charge in [0.05, 0.1) is 0 Å². The average molecular weight is 204 g/mol. The first-order valence-electron chi connectivity index (χ1n) is 5.49. The van der Waals surface area contributed by atoms with E-state index in [1.54, 1.807) is 0 Å². The number of hydrogen-bond acceptors (Lipinski definition) is 2. The number of likely N-dealkylation sites (tertiary alicyclic amines) is 1. The lowest BCUT2D eigenvalue weighted by Crippen LogP contribution is -2.42. The Morgan fingerprint density at radius 2 is 1.86 bits per heavy atom. The van der Waals surface area contributed by atoms with E-state index in [-0.39, 0.29) is 12.8 Å². The normalized spacial score (nSPS) is 27.9. The molecular formula is C10H18F2N2. The Kier molecular flexibility index (Phi) is 3.02. The van der Waals surface area contributed by atoms with Gasteiger partial charge in [0.25, 0.3) is 5.92 Å². The van der Waals surface area contributed by atoms with Gasteiger partial charge in [-0.1, -0.05) is 0 Å². The number of alkyl halides is 2. The maximum atomic E-state index is 12.8. The standard InChI is InChI=1S/C10H18F2N2/c11-10(12)3-6-14(7-4-10)8-5-13-9-1-2-9/h9,13H,1-8H2. The third kappa shape index (κ3) is 3.17. The van der Waals surface area contributed by atoms with E-state index in [4.69, 9.17) is 0 Å². The zero-order valence-corrected chi connectivity index (χ0v) is 8.44. The Morgan fingerprint density at radius 3 is 2.43 bits per heavy atom. The minimum absolute atomic E-state index is 0.0381. The van der Waals surface area contributed by atoms with Crippen LogP contribution in [0.1, 0.15) is 25.7 Å². The Hall–Kier alpha value is -0.220. The molecule has 0 bridgehead atoms. The summed E-state index contributed by atoms with van der Waals surface area (Å²) in [4.78, 5) is 2.13. The van der Waals surface area contributed by atoms with Crippen LogP contribution in [0.2, 0.25) is 0 Å². The lowest BCUT2D eigenvalue weighted by molar-refractivity contribution is -0.0547. The number of nitrogens with one attached hydrogen (secondary N) is 1. The fourth-order valence-corrected chi connectivity index (χ4v) is 1.82. The van der Waals surface area contributed by atoms with Crippen LogP contribution in [0.5, 0.6) is 0 Å². The lowest BCUT2D eigenvalue weighted by Gasteiger charge is -2.31. The van der Waals surface area contributed by atoms with E-state index in [0.717, 1.165) is 19.1 Å². The van der Waals surface area contributed by atoms with Gasteiger partial charge in [-0.2, -0.15) is 0 Å². The highest BCUT2D eigenvalue weighted by atomic mass is 19.3. The van der Waals surface area contributed by atoms with Gasteiger partial charge in [-0.05, 0) is 12.8 Å². The monoisotopic (exact) mass is 204 g/mol. The van der Waals surface area contributed by atoms with Gasteiger partial charge in [-0.15, -0.1) is 0 Å². The van der Waals surface area contributed by atoms with Gasteiger partial charge >= 0.3 is 0 Å². The van der Waals surface area contributed by atoms with E-state index in [1.807, 2.05) is 0 Å². The second-order valence-electron chi connectivity index (χ2n) is 4.43. The first kappa shape index (κ1) is 10.3. The van der Waals surface area contributed by atoms with E-state index in [2.05, 4.69) is 10.2 Å². The fourth-order valence-electron chi connectivity index (χ4n) is 1.82. The summed E-state index contributed by atoms with van der Waals surface area (Å²) >= 11 is 0. The van der Waals surface area contributed by atoms with E-state index in [9.17, 15) is 8.78 Å². The molecule has 2 fully saturated rings. The van der Waals surface area contributed by atoms with Gasteiger partial charge in [0.2, 0.25) is 0 Å². The van der Waals surface area contributed by atoms with Crippen LogP contribution < -0.4 is 5.32 Å². The van der Waals surface area contributed by atoms with E-state index >= 15 is 0 Å². The van der Waals surface area contributed by atoms with Crippen molar-refractivity contribution in [1.29, 1.82) is 0 Å². The van der Waals surface area contributed by atoms with Gasteiger partial charge in [0.15, 0.2) is 0 Å². The Balaban J connectivity index is 1.58. The first-order chi connectivity index (χ1) is 6.66. The summed E-state index contributed by atoms with van der Waals surface area (Å²) in [6.07, 6.45) is 2.66. The van der Waals surface area contributed by atoms with E-state index < -0.39 is 5.92 Å². The molecule has 14 heavy (non-hydrogen) atoms. The minimum Gasteiger partial charge on any atom is -0.313 e. The van der Waals surface area contributed by atoms with E-state index in [0.29, 0.717) is 13.1 Å². The van der Waals surface area contributed by atoms with Crippen molar-refractivity contribution in [2.75, 3.05) is 26.2 Å². The lowest BCUT2D eigenvalue weighted by atomic mass is 10.1. The molecule has 0 atom stereocenters. The SMILES string of the molecule is FC1(F)CCN(CCNC2CC2)CC1. The number of halogens is 2. The number of rotatable bonds is 4. The molecule has 2 rings (SSSR count). The smallest absolute Gasteiger partial charge is 0.250 e. The van der Waals surface area contributed by atoms with Gasteiger partial charge < -0.3 is 10.2 Å². The molecule has 0 aromatic carbocycles. The molecule has 1 saturated carbocycles. The van der Waals surface area contributed by atoms with Gasteiger partial charge in [-0.3, -0.25) is 0 Å². The fraction of sp³-hybridized carbons (Fsp3) is 1.00. The third-order valence-electron chi connectivity index (χ3n) is 3.03. The van der Waals surface area contributed by atoms with Crippen molar-refractivity contribution in [3.05, 3.63) is 0 Å². The summed E-state index contributed by atoms with van der Waals surface area (Å²) in [5.74, 6) is -2.40. The predicted octanol–water partition coefficient (Wildman–Crippen LogP) is 1.47. The van der Waals surface area contributed by atoms with Crippen molar-refractivity contribution in [1.82, 2.24) is 10.2 Å². The summed E-state index contributed by atoms with van der Waals surface area (Å²) < 4.78 is 25.6. The summed E-state index contributed by atoms with van der Waals surface area (Å²) in [6, 6.07) is 0.723. The zero-order valence-electron chi connectivity index (χ0n) is 8.44. The quantitative estimate of drug-likeness (QED) is 0.746. The average Bonchev–Trinajstić information content (AvgIpc) is 2.92. The predicted molar refractivity (Wildman–Crippen MR) is 51.6 cm³/mol. The topological polar surface area (TPSA) is 15.3 Å². The molecule has 1 aliphatic carbocycles. The molecule has 0 spiro atoms. The molecule has 4 heteroatoms. The first-order valence-corrected chi connectivity index (χ1v) is 5.49. The highest BCUT2D eigenvalue weighted by molar-refractivity contribution is 4.82. The van der Waals surface area contributed by atoms with Crippen LogP contribution in [-0.4, -0.2) is 43.0 Å². The molecule has 0 unspecified atom stereocenters. The maximum Gasteiger partial charge on any atom is 0.250 e. The molecule has 82 valence electrons. The second-order valence-corrected chi connectivity index (χ2v) is 4.43. The molecule has 1 aliphatic heterocycles. The zero-order chi connectivity index (χ0) is 10.0. The molecular weight excluding hydrogens is 186 g/mol. The minimum atomic E-state index is -2.40. The molecule has 2 aliphatic rings. The van der Waals surface area contributed by atoms with Gasteiger partial charge in [0.1, 0.15) is 0 Å². The Bertz CT molecular complexity index is 183. The Labute approximate surface area is 83.7 Å². The molecule has 0 aromatic rings. The molecule has 0 amide bonds. The maximum absolute atomic E-state index is 12.8. The van der Waals surface area contributed by atoms with Crippen molar-refractivity contribution in [3.8, 4) is 0 Å². The largest absolute Gasteiger partial charge is 0.313 e. The molecule has 0 radical (unpaired) electrons. The number of nitrogens with zero attached hydrogens (tertiary/aromatic N) is 1. The summed E-state index contributed by atoms with van der Waals surface area (Å²) in [5.41, 5.74) is 0. The van der Waals surface area contributed by atoms with Crippen molar-refractivity contribution < 1.29 is 8.78 Å². The second kappa shape index (κ2) is 4.11. The van der Waals surface area contributed by atoms with Crippen LogP contribution in [0.15, 0.2) is 0 Å². The van der Waals surface area contributed by atoms with E-state index in [1.165, 1.54) is 12.8 Å². The summed E-state index contributed by atoms with van der Waals surface area (Å²) in [6.45, 7) is 2.99. The molecule has 1 heterocycles. The molecule has 1 N–H and O–H groups in total. The molecule has 0 aromatic heterocycles. The molecule has 1 saturated heterocycles. The van der Waals surface area contributed by atoms with Crippen molar-refractivity contribution >= 4 is 0 Å². The van der Waals surface area contributed by atoms with Crippen LogP contribution >= 0.6 is 0 Å². The third-order valence-corrected chi connectivity index (χ3v) is 3.03. The van der Waals surface area contributed by atoms with Crippen LogP contribution in [0.25, 0.3) is 0 Å². The van der Waals surface area contributed by atoms with Crippen molar-refractivity contribution in [3.63, 3.8) is 0 Å². The van der Waals surface area contributed by atoms with Crippen LogP contribution in [0.3, 0.4) is 0 Å². The summed E-state index contributed by atoms with van der Waals surface area (Å²) in [5, 5.41) is 3.40. The van der Waals surface area contributed by atoms with Crippen molar-refractivity contribution in [2.24, 2.45) is 0 Å². The number of hydrogen-bond donors (Lipinski definition) is 1. The highest BCUT2D eigenvalue weighted by Gasteiger charge is 2.33. The van der Waals surface area contributed by atoms with Crippen LogP contribution in [0, 0.1) is 0 Å². The van der Waals surface area contributed by atoms with Crippen molar-refractivity contribution in [2.45, 2.75) is 37.6 Å². The highest BCUT2D eigenvalue weighted by Crippen LogP contribution is 2.27. The van der Waals surface area contributed by atoms with Crippen LogP contribution in [-0.2, 0) is 0 Å². The summed E-state index contributed by atoms with van der Waals surface area (Å²) in [7, 11) is 0. The van der Waals surface area contributed by atoms with Gasteiger partial charge in [-0.25, -0.2) is 8.78 Å². The Morgan fingerprint density at radius 1 is 1.21 bits per heavy atom. The molecule has 2 nitrogen and oxygen atoms in total. The van der Waals surface area contributed by atoms with Gasteiger partial charge in [0, 0.05) is 45.1 Å². The van der Waals surface area contributed by atoms with Crippen LogP contribution in [0.4, 0.5) is 8.78 Å².